The highest BCUT2D eigenvalue weighted by atomic mass is 32.2. The number of hydrogen-bond donors (Lipinski definition) is 0. The average molecular weight is 698 g/mol. The fourth-order valence-corrected chi connectivity index (χ4v) is 12.7. The van der Waals surface area contributed by atoms with Crippen LogP contribution in [0.1, 0.15) is 202 Å². The molecule has 0 aliphatic rings. The zero-order chi connectivity index (χ0) is 34.7. The minimum Gasteiger partial charge on any atom is -0.266 e. The van der Waals surface area contributed by atoms with Crippen LogP contribution in [0.4, 0.5) is 0 Å². The molecule has 0 bridgehead atoms. The van der Waals surface area contributed by atoms with Crippen LogP contribution < -0.4 is 0 Å². The molecule has 0 saturated heterocycles. The first-order valence-corrected chi connectivity index (χ1v) is 24.6. The van der Waals surface area contributed by atoms with E-state index in [0.29, 0.717) is 0 Å². The van der Waals surface area contributed by atoms with E-state index in [2.05, 4.69) is 34.6 Å². The molecule has 0 N–H and O–H groups in total. The molecule has 47 heavy (non-hydrogen) atoms. The van der Waals surface area contributed by atoms with Gasteiger partial charge in [-0.25, -0.2) is 0 Å². The highest BCUT2D eigenvalue weighted by Crippen LogP contribution is 2.61. The van der Waals surface area contributed by atoms with Gasteiger partial charge in [0.15, 0.2) is 0 Å². The van der Waals surface area contributed by atoms with Gasteiger partial charge in [-0.15, -0.1) is 0 Å². The van der Waals surface area contributed by atoms with Gasteiger partial charge < -0.3 is 0 Å². The summed E-state index contributed by atoms with van der Waals surface area (Å²) in [6.45, 7) is 12.0. The lowest BCUT2D eigenvalue weighted by Crippen LogP contribution is -2.13. The Morgan fingerprint density at radius 3 is 1.13 bits per heavy atom. The van der Waals surface area contributed by atoms with Crippen molar-refractivity contribution in [3.05, 3.63) is 30.3 Å². The molecule has 3 nitrogen and oxygen atoms in total. The maximum absolute atomic E-state index is 11.9. The monoisotopic (exact) mass is 698 g/mol. The topological polar surface area (TPSA) is 43.4 Å². The first kappa shape index (κ1) is 46.6. The highest BCUT2D eigenvalue weighted by Gasteiger charge is 2.34. The van der Waals surface area contributed by atoms with E-state index in [1.807, 2.05) is 0 Å². The Balaban J connectivity index is 0.000000907. The Bertz CT molecular complexity index is 836. The first-order valence-electron chi connectivity index (χ1n) is 20.7. The molecule has 0 aromatic heterocycles. The third-order valence-corrected chi connectivity index (χ3v) is 16.1. The van der Waals surface area contributed by atoms with Crippen LogP contribution in [-0.2, 0) is 14.3 Å². The Labute approximate surface area is 297 Å². The lowest BCUT2D eigenvalue weighted by Gasteiger charge is -2.28. The maximum Gasteiger partial charge on any atom is 0.296 e. The van der Waals surface area contributed by atoms with Crippen molar-refractivity contribution in [2.75, 3.05) is 31.3 Å². The summed E-state index contributed by atoms with van der Waals surface area (Å²) in [6, 6.07) is 8.33. The summed E-state index contributed by atoms with van der Waals surface area (Å²) in [5.41, 5.74) is 0. The molecule has 1 aromatic carbocycles. The van der Waals surface area contributed by atoms with Gasteiger partial charge in [0.25, 0.3) is 10.1 Å². The minimum absolute atomic E-state index is 0.238. The molecule has 278 valence electrons. The van der Waals surface area contributed by atoms with Crippen LogP contribution in [0.25, 0.3) is 0 Å². The Morgan fingerprint density at radius 2 is 0.745 bits per heavy atom. The molecule has 1 aromatic rings. The molecular weight excluding hydrogens is 616 g/mol. The van der Waals surface area contributed by atoms with Crippen LogP contribution in [0, 0.1) is 0 Å². The number of rotatable bonds is 33. The Kier molecular flexibility index (Phi) is 33.7. The smallest absolute Gasteiger partial charge is 0.266 e. The van der Waals surface area contributed by atoms with Crippen molar-refractivity contribution in [1.82, 2.24) is 0 Å². The molecular formula is C42H82O3PS+. The lowest BCUT2D eigenvalue weighted by molar-refractivity contribution is 0.306. The van der Waals surface area contributed by atoms with Crippen LogP contribution >= 0.6 is 7.26 Å². The number of unbranched alkanes of at least 4 members (excludes halogenated alkanes) is 21. The van der Waals surface area contributed by atoms with E-state index in [9.17, 15) is 8.42 Å². The molecule has 0 aliphatic heterocycles. The van der Waals surface area contributed by atoms with Crippen molar-refractivity contribution in [2.45, 2.75) is 206 Å². The lowest BCUT2D eigenvalue weighted by atomic mass is 10.1. The van der Waals surface area contributed by atoms with E-state index >= 15 is 0 Å². The molecule has 0 radical (unpaired) electrons. The quantitative estimate of drug-likeness (QED) is 0.0417. The van der Waals surface area contributed by atoms with Crippen molar-refractivity contribution < 1.29 is 12.6 Å². The summed E-state index contributed by atoms with van der Waals surface area (Å²) in [6.07, 6.45) is 42.2. The van der Waals surface area contributed by atoms with E-state index in [0.717, 1.165) is 12.8 Å². The second-order valence-electron chi connectivity index (χ2n) is 14.2. The van der Waals surface area contributed by atoms with Crippen molar-refractivity contribution >= 4 is 17.4 Å². The standard InChI is InChI=1S/C24H52P.C18H30O3S/c1-5-9-13-14-15-16-17-18-19-20-24-25(21-10-6-2,22-11-7-3)23-12-8-4;1-2-3-4-5-6-7-8-9-10-14-17-21-22(19,20)18-15-12-11-13-16-18/h5-24H2,1-4H3;11-13,15-16H,2-10,14,17H2,1H3/q+1;. The fourth-order valence-electron chi connectivity index (χ4n) is 6.50. The van der Waals surface area contributed by atoms with Crippen molar-refractivity contribution in [3.8, 4) is 0 Å². The van der Waals surface area contributed by atoms with E-state index in [-0.39, 0.29) is 11.5 Å². The van der Waals surface area contributed by atoms with Crippen LogP contribution in [0.2, 0.25) is 0 Å². The molecule has 0 atom stereocenters. The average Bonchev–Trinajstić information content (AvgIpc) is 3.09. The Morgan fingerprint density at radius 1 is 0.426 bits per heavy atom. The molecule has 0 amide bonds. The number of benzene rings is 1. The van der Waals surface area contributed by atoms with Crippen LogP contribution in [0.15, 0.2) is 35.2 Å². The van der Waals surface area contributed by atoms with Gasteiger partial charge in [0.2, 0.25) is 0 Å². The summed E-state index contributed by atoms with van der Waals surface area (Å²) in [7, 11) is -4.19. The van der Waals surface area contributed by atoms with Gasteiger partial charge in [0, 0.05) is 7.26 Å². The predicted octanol–water partition coefficient (Wildman–Crippen LogP) is 14.6. The van der Waals surface area contributed by atoms with Gasteiger partial charge in [-0.3, -0.25) is 4.18 Å². The van der Waals surface area contributed by atoms with Crippen LogP contribution in [0.5, 0.6) is 0 Å². The molecule has 0 saturated carbocycles. The van der Waals surface area contributed by atoms with Crippen molar-refractivity contribution in [2.24, 2.45) is 0 Å². The summed E-state index contributed by atoms with van der Waals surface area (Å²) in [5, 5.41) is 0. The van der Waals surface area contributed by atoms with E-state index in [1.165, 1.54) is 148 Å². The van der Waals surface area contributed by atoms with E-state index < -0.39 is 17.4 Å². The van der Waals surface area contributed by atoms with Gasteiger partial charge in [-0.1, -0.05) is 181 Å². The normalized spacial score (nSPS) is 11.9. The van der Waals surface area contributed by atoms with Gasteiger partial charge in [-0.05, 0) is 50.7 Å². The first-order chi connectivity index (χ1) is 22.9. The molecule has 0 fully saturated rings. The van der Waals surface area contributed by atoms with Crippen molar-refractivity contribution in [1.29, 1.82) is 0 Å². The van der Waals surface area contributed by atoms with E-state index in [1.54, 1.807) is 61.4 Å². The third kappa shape index (κ3) is 28.0. The van der Waals surface area contributed by atoms with Gasteiger partial charge >= 0.3 is 0 Å². The molecule has 0 heterocycles. The molecule has 0 spiro atoms. The zero-order valence-corrected chi connectivity index (χ0v) is 34.1. The maximum atomic E-state index is 11.9. The van der Waals surface area contributed by atoms with Gasteiger partial charge in [0.1, 0.15) is 0 Å². The Hall–Kier alpha value is -0.440. The zero-order valence-electron chi connectivity index (χ0n) is 32.4. The molecule has 1 rings (SSSR count). The molecule has 5 heteroatoms. The van der Waals surface area contributed by atoms with Gasteiger partial charge in [0.05, 0.1) is 36.2 Å². The van der Waals surface area contributed by atoms with E-state index in [4.69, 9.17) is 4.18 Å². The van der Waals surface area contributed by atoms with Crippen LogP contribution in [0.3, 0.4) is 0 Å². The highest BCUT2D eigenvalue weighted by molar-refractivity contribution is 7.86. The second-order valence-corrected chi connectivity index (χ2v) is 20.3. The SMILES string of the molecule is CCCCCCCCCCCCOS(=O)(=O)c1ccccc1.CCCCCCCCCCCC[P+](CCCC)(CCCC)CCCC. The largest absolute Gasteiger partial charge is 0.296 e. The third-order valence-electron chi connectivity index (χ3n) is 9.71. The minimum atomic E-state index is -3.57. The molecule has 0 unspecified atom stereocenters. The van der Waals surface area contributed by atoms with Gasteiger partial charge in [-0.2, -0.15) is 8.42 Å². The summed E-state index contributed by atoms with van der Waals surface area (Å²) >= 11 is 0. The number of hydrogen-bond acceptors (Lipinski definition) is 3. The molecule has 0 aliphatic carbocycles. The predicted molar refractivity (Wildman–Crippen MR) is 214 cm³/mol. The summed E-state index contributed by atoms with van der Waals surface area (Å²) in [4.78, 5) is 0.238. The fraction of sp³-hybridized carbons (Fsp3) is 0.857. The summed E-state index contributed by atoms with van der Waals surface area (Å²) < 4.78 is 28.8. The summed E-state index contributed by atoms with van der Waals surface area (Å²) in [5.74, 6) is 0. The van der Waals surface area contributed by atoms with Crippen LogP contribution in [-0.4, -0.2) is 39.7 Å². The second kappa shape index (κ2) is 34.0. The van der Waals surface area contributed by atoms with Crippen molar-refractivity contribution in [3.63, 3.8) is 0 Å².